The lowest BCUT2D eigenvalue weighted by atomic mass is 9.76. The first-order valence-corrected chi connectivity index (χ1v) is 10.4. The Kier molecular flexibility index (Phi) is 3.46. The van der Waals surface area contributed by atoms with Crippen LogP contribution in [0.4, 0.5) is 5.69 Å². The molecule has 1 spiro atoms. The smallest absolute Gasteiger partial charge is 0.0678 e. The van der Waals surface area contributed by atoms with Gasteiger partial charge >= 0.3 is 0 Å². The van der Waals surface area contributed by atoms with E-state index in [0.29, 0.717) is 6.04 Å². The molecule has 1 aliphatic heterocycles. The van der Waals surface area contributed by atoms with E-state index in [9.17, 15) is 0 Å². The highest BCUT2D eigenvalue weighted by Gasteiger charge is 2.51. The van der Waals surface area contributed by atoms with E-state index in [0.717, 1.165) is 0 Å². The average Bonchev–Trinajstić information content (AvgIpc) is 3.13. The number of anilines is 1. The predicted molar refractivity (Wildman–Crippen MR) is 109 cm³/mol. The summed E-state index contributed by atoms with van der Waals surface area (Å²) >= 11 is 2.02. The van der Waals surface area contributed by atoms with Gasteiger partial charge in [0.25, 0.3) is 0 Å². The molecule has 0 bridgehead atoms. The van der Waals surface area contributed by atoms with Crippen LogP contribution in [0.2, 0.25) is 0 Å². The normalized spacial score (nSPS) is 21.8. The van der Waals surface area contributed by atoms with Crippen LogP contribution in [-0.2, 0) is 5.54 Å². The Morgan fingerprint density at radius 1 is 0.960 bits per heavy atom. The third-order valence-electron chi connectivity index (χ3n) is 6.37. The molecule has 1 nitrogen and oxygen atoms in total. The minimum atomic E-state index is 0.193. The Hall–Kier alpha value is -1.80. The number of hydrogen-bond donors (Lipinski definition) is 0. The fraction of sp³-hybridized carbons (Fsp3) is 0.391. The summed E-state index contributed by atoms with van der Waals surface area (Å²) in [6, 6.07) is 18.5. The Morgan fingerprint density at radius 3 is 2.48 bits per heavy atom. The van der Waals surface area contributed by atoms with Gasteiger partial charge in [-0.05, 0) is 49.8 Å². The van der Waals surface area contributed by atoms with Gasteiger partial charge in [-0.15, -0.1) is 11.3 Å². The van der Waals surface area contributed by atoms with E-state index in [4.69, 9.17) is 0 Å². The van der Waals surface area contributed by atoms with E-state index in [1.165, 1.54) is 53.4 Å². The average molecular weight is 348 g/mol. The third-order valence-corrected chi connectivity index (χ3v) is 7.71. The lowest BCUT2D eigenvalue weighted by Gasteiger charge is -2.46. The number of hydrogen-bond acceptors (Lipinski definition) is 2. The molecule has 25 heavy (non-hydrogen) atoms. The lowest BCUT2D eigenvalue weighted by Crippen LogP contribution is -2.44. The summed E-state index contributed by atoms with van der Waals surface area (Å²) < 4.78 is 1.47. The molecular weight excluding hydrogens is 322 g/mol. The van der Waals surface area contributed by atoms with Crippen LogP contribution in [0.25, 0.3) is 10.1 Å². The van der Waals surface area contributed by atoms with Crippen molar-refractivity contribution in [3.8, 4) is 0 Å². The quantitative estimate of drug-likeness (QED) is 0.460. The molecule has 1 atom stereocenters. The van der Waals surface area contributed by atoms with Crippen molar-refractivity contribution in [3.63, 3.8) is 0 Å². The highest BCUT2D eigenvalue weighted by atomic mass is 32.1. The SMILES string of the molecule is Cc1ccccc1N1[C@@H](C)c2sc3ccccc3c2C12CCCCC2. The summed E-state index contributed by atoms with van der Waals surface area (Å²) in [7, 11) is 0. The van der Waals surface area contributed by atoms with Crippen molar-refractivity contribution in [1.82, 2.24) is 0 Å². The number of benzene rings is 2. The van der Waals surface area contributed by atoms with Gasteiger partial charge in [-0.1, -0.05) is 55.7 Å². The second-order valence-electron chi connectivity index (χ2n) is 7.76. The number of para-hydroxylation sites is 1. The van der Waals surface area contributed by atoms with Crippen molar-refractivity contribution in [1.29, 1.82) is 0 Å². The van der Waals surface area contributed by atoms with E-state index in [2.05, 4.69) is 67.3 Å². The van der Waals surface area contributed by atoms with Crippen molar-refractivity contribution in [2.75, 3.05) is 4.90 Å². The molecule has 1 aliphatic carbocycles. The van der Waals surface area contributed by atoms with Crippen LogP contribution >= 0.6 is 11.3 Å². The molecule has 5 rings (SSSR count). The predicted octanol–water partition coefficient (Wildman–Crippen LogP) is 6.95. The first-order valence-electron chi connectivity index (χ1n) is 9.59. The van der Waals surface area contributed by atoms with E-state index in [-0.39, 0.29) is 5.54 Å². The maximum Gasteiger partial charge on any atom is 0.0678 e. The van der Waals surface area contributed by atoms with Crippen molar-refractivity contribution in [2.24, 2.45) is 0 Å². The summed E-state index contributed by atoms with van der Waals surface area (Å²) in [6.07, 6.45) is 6.66. The maximum atomic E-state index is 2.79. The summed E-state index contributed by atoms with van der Waals surface area (Å²) in [5.74, 6) is 0. The second-order valence-corrected chi connectivity index (χ2v) is 8.85. The number of nitrogens with zero attached hydrogens (tertiary/aromatic N) is 1. The molecule has 0 radical (unpaired) electrons. The van der Waals surface area contributed by atoms with Crippen LogP contribution in [0.1, 0.15) is 61.1 Å². The minimum Gasteiger partial charge on any atom is -0.354 e. The Bertz CT molecular complexity index is 932. The molecule has 1 fully saturated rings. The molecule has 1 aromatic heterocycles. The van der Waals surface area contributed by atoms with E-state index < -0.39 is 0 Å². The molecule has 0 unspecified atom stereocenters. The largest absolute Gasteiger partial charge is 0.354 e. The number of thiophene rings is 1. The minimum absolute atomic E-state index is 0.193. The van der Waals surface area contributed by atoms with Gasteiger partial charge in [-0.25, -0.2) is 0 Å². The monoisotopic (exact) mass is 347 g/mol. The van der Waals surface area contributed by atoms with E-state index in [1.54, 1.807) is 10.4 Å². The van der Waals surface area contributed by atoms with Crippen molar-refractivity contribution >= 4 is 27.1 Å². The van der Waals surface area contributed by atoms with Gasteiger partial charge in [-0.2, -0.15) is 0 Å². The van der Waals surface area contributed by atoms with Gasteiger partial charge in [0.15, 0.2) is 0 Å². The summed E-state index contributed by atoms with van der Waals surface area (Å²) in [4.78, 5) is 4.39. The van der Waals surface area contributed by atoms with Crippen LogP contribution < -0.4 is 4.90 Å². The topological polar surface area (TPSA) is 3.24 Å². The second kappa shape index (κ2) is 5.60. The molecule has 2 heteroatoms. The summed E-state index contributed by atoms with van der Waals surface area (Å²) in [5.41, 5.74) is 4.69. The zero-order valence-corrected chi connectivity index (χ0v) is 15.9. The number of fused-ring (bicyclic) bond motifs is 4. The molecule has 1 saturated carbocycles. The van der Waals surface area contributed by atoms with Gasteiger partial charge in [0.05, 0.1) is 11.6 Å². The first kappa shape index (κ1) is 15.5. The van der Waals surface area contributed by atoms with E-state index in [1.807, 2.05) is 11.3 Å². The van der Waals surface area contributed by atoms with Gasteiger partial charge in [-0.3, -0.25) is 0 Å². The van der Waals surface area contributed by atoms with Crippen LogP contribution in [0.3, 0.4) is 0 Å². The Balaban J connectivity index is 1.79. The van der Waals surface area contributed by atoms with Crippen molar-refractivity contribution in [3.05, 3.63) is 64.5 Å². The van der Waals surface area contributed by atoms with E-state index >= 15 is 0 Å². The molecule has 2 aromatic carbocycles. The molecule has 2 aliphatic rings. The molecule has 0 N–H and O–H groups in total. The summed E-state index contributed by atoms with van der Waals surface area (Å²) in [5, 5.41) is 1.51. The Morgan fingerprint density at radius 2 is 1.68 bits per heavy atom. The van der Waals surface area contributed by atoms with Gasteiger partial charge in [0.2, 0.25) is 0 Å². The fourth-order valence-corrected chi connectivity index (χ4v) is 6.69. The highest BCUT2D eigenvalue weighted by molar-refractivity contribution is 7.19. The zero-order chi connectivity index (χ0) is 17.0. The first-order chi connectivity index (χ1) is 12.2. The zero-order valence-electron chi connectivity index (χ0n) is 15.1. The number of aryl methyl sites for hydroxylation is 1. The van der Waals surface area contributed by atoms with Crippen LogP contribution in [0.15, 0.2) is 48.5 Å². The van der Waals surface area contributed by atoms with Gasteiger partial charge in [0.1, 0.15) is 0 Å². The molecule has 0 amide bonds. The standard InChI is InChI=1S/C23H25NS/c1-16-10-4-6-12-19(16)24-17(2)22-21(23(24)14-8-3-9-15-23)18-11-5-7-13-20(18)25-22/h4-7,10-13,17H,3,8-9,14-15H2,1-2H3/t17-/m0/s1. The molecule has 128 valence electrons. The molecule has 3 aromatic rings. The van der Waals surface area contributed by atoms with Crippen LogP contribution in [0, 0.1) is 6.92 Å². The summed E-state index contributed by atoms with van der Waals surface area (Å²) in [6.45, 7) is 4.69. The fourth-order valence-electron chi connectivity index (χ4n) is 5.35. The Labute approximate surface area is 154 Å². The maximum absolute atomic E-state index is 2.79. The molecule has 0 saturated heterocycles. The van der Waals surface area contributed by atoms with Gasteiger partial charge < -0.3 is 4.90 Å². The van der Waals surface area contributed by atoms with Crippen molar-refractivity contribution < 1.29 is 0 Å². The van der Waals surface area contributed by atoms with Crippen molar-refractivity contribution in [2.45, 2.75) is 57.5 Å². The van der Waals surface area contributed by atoms with Crippen LogP contribution in [-0.4, -0.2) is 0 Å². The van der Waals surface area contributed by atoms with Gasteiger partial charge in [0, 0.05) is 20.8 Å². The molecular formula is C23H25NS. The molecule has 2 heterocycles. The number of rotatable bonds is 1. The third kappa shape index (κ3) is 2.07. The lowest BCUT2D eigenvalue weighted by molar-refractivity contribution is 0.285. The highest BCUT2D eigenvalue weighted by Crippen LogP contribution is 2.59. The van der Waals surface area contributed by atoms with Crippen LogP contribution in [0.5, 0.6) is 0 Å².